The summed E-state index contributed by atoms with van der Waals surface area (Å²) in [6, 6.07) is 14.8. The highest BCUT2D eigenvalue weighted by Crippen LogP contribution is 2.30. The van der Waals surface area contributed by atoms with E-state index >= 15 is 0 Å². The van der Waals surface area contributed by atoms with E-state index in [1.54, 1.807) is 45.4 Å². The maximum Gasteiger partial charge on any atom is 0.274 e. The van der Waals surface area contributed by atoms with E-state index in [1.165, 1.54) is 5.56 Å². The summed E-state index contributed by atoms with van der Waals surface area (Å²) in [5, 5.41) is 6.12. The summed E-state index contributed by atoms with van der Waals surface area (Å²) in [4.78, 5) is 21.4. The van der Waals surface area contributed by atoms with Crippen LogP contribution in [0.4, 0.5) is 17.2 Å². The van der Waals surface area contributed by atoms with Gasteiger partial charge in [0.15, 0.2) is 11.5 Å². The number of methoxy groups -OCH3 is 2. The van der Waals surface area contributed by atoms with Crippen molar-refractivity contribution in [1.29, 1.82) is 0 Å². The van der Waals surface area contributed by atoms with Crippen LogP contribution in [-0.4, -0.2) is 30.1 Å². The molecule has 0 aliphatic rings. The Kier molecular flexibility index (Phi) is 6.29. The summed E-state index contributed by atoms with van der Waals surface area (Å²) >= 11 is 0. The van der Waals surface area contributed by atoms with E-state index in [9.17, 15) is 4.79 Å². The summed E-state index contributed by atoms with van der Waals surface area (Å²) < 4.78 is 10.5. The van der Waals surface area contributed by atoms with Crippen molar-refractivity contribution in [2.75, 3.05) is 24.9 Å². The Labute approximate surface area is 170 Å². The fourth-order valence-electron chi connectivity index (χ4n) is 2.95. The van der Waals surface area contributed by atoms with Gasteiger partial charge in [-0.05, 0) is 37.1 Å². The minimum atomic E-state index is -0.338. The van der Waals surface area contributed by atoms with Gasteiger partial charge in [0.1, 0.15) is 17.3 Å². The number of benzene rings is 2. The molecule has 2 N–H and O–H groups in total. The molecule has 1 heterocycles. The third-order valence-electron chi connectivity index (χ3n) is 4.37. The first-order valence-corrected chi connectivity index (χ1v) is 9.28. The topological polar surface area (TPSA) is 85.4 Å². The Morgan fingerprint density at radius 3 is 2.48 bits per heavy atom. The zero-order valence-corrected chi connectivity index (χ0v) is 16.9. The van der Waals surface area contributed by atoms with Crippen molar-refractivity contribution < 1.29 is 14.3 Å². The number of anilines is 3. The lowest BCUT2D eigenvalue weighted by Gasteiger charge is -2.13. The largest absolute Gasteiger partial charge is 0.493 e. The van der Waals surface area contributed by atoms with Crippen LogP contribution in [0.15, 0.2) is 48.5 Å². The number of hydrogen-bond donors (Lipinski definition) is 2. The van der Waals surface area contributed by atoms with Gasteiger partial charge < -0.3 is 20.1 Å². The second-order valence-corrected chi connectivity index (χ2v) is 6.35. The van der Waals surface area contributed by atoms with E-state index in [0.29, 0.717) is 28.8 Å². The maximum absolute atomic E-state index is 12.7. The van der Waals surface area contributed by atoms with Gasteiger partial charge in [0.25, 0.3) is 5.91 Å². The number of carbonyl (C=O) groups excluding carboxylic acids is 1. The first-order chi connectivity index (χ1) is 14.0. The Morgan fingerprint density at radius 1 is 1.00 bits per heavy atom. The van der Waals surface area contributed by atoms with E-state index in [1.807, 2.05) is 18.2 Å². The Bertz CT molecular complexity index is 1020. The second kappa shape index (κ2) is 9.05. The molecule has 150 valence electrons. The average molecular weight is 392 g/mol. The van der Waals surface area contributed by atoms with Crippen LogP contribution >= 0.6 is 0 Å². The summed E-state index contributed by atoms with van der Waals surface area (Å²) in [6.07, 6.45) is 0.889. The molecule has 0 fully saturated rings. The highest BCUT2D eigenvalue weighted by molar-refractivity contribution is 6.03. The Hall–Kier alpha value is -3.61. The number of ether oxygens (including phenoxy) is 2. The summed E-state index contributed by atoms with van der Waals surface area (Å²) in [7, 11) is 3.11. The normalized spacial score (nSPS) is 10.3. The van der Waals surface area contributed by atoms with Crippen molar-refractivity contribution in [2.45, 2.75) is 20.3 Å². The third kappa shape index (κ3) is 4.82. The van der Waals surface area contributed by atoms with E-state index in [0.717, 1.165) is 12.1 Å². The molecule has 0 radical (unpaired) electrons. The number of nitrogens with zero attached hydrogens (tertiary/aromatic N) is 2. The predicted octanol–water partition coefficient (Wildman–Crippen LogP) is 4.36. The SMILES string of the molecule is CCc1ccccc1Nc1cc(C(=O)Nc2ccc(OC)c(OC)c2)nc(C)n1. The number of aryl methyl sites for hydroxylation is 2. The van der Waals surface area contributed by atoms with Crippen LogP contribution in [0, 0.1) is 6.92 Å². The van der Waals surface area contributed by atoms with Crippen molar-refractivity contribution >= 4 is 23.1 Å². The van der Waals surface area contributed by atoms with Gasteiger partial charge in [0.2, 0.25) is 0 Å². The number of aromatic nitrogens is 2. The average Bonchev–Trinajstić information content (AvgIpc) is 2.73. The molecule has 3 rings (SSSR count). The van der Waals surface area contributed by atoms with Gasteiger partial charge in [-0.25, -0.2) is 9.97 Å². The molecule has 0 aliphatic carbocycles. The van der Waals surface area contributed by atoms with E-state index in [4.69, 9.17) is 9.47 Å². The highest BCUT2D eigenvalue weighted by Gasteiger charge is 2.13. The van der Waals surface area contributed by atoms with E-state index in [-0.39, 0.29) is 11.6 Å². The molecule has 0 atom stereocenters. The summed E-state index contributed by atoms with van der Waals surface area (Å²) in [5.41, 5.74) is 2.97. The van der Waals surface area contributed by atoms with Gasteiger partial charge in [-0.1, -0.05) is 25.1 Å². The molecule has 0 saturated carbocycles. The smallest absolute Gasteiger partial charge is 0.274 e. The molecule has 2 aromatic carbocycles. The summed E-state index contributed by atoms with van der Waals surface area (Å²) in [5.74, 6) is 1.85. The molecule has 0 aliphatic heterocycles. The zero-order chi connectivity index (χ0) is 20.8. The molecule has 3 aromatic rings. The molecule has 0 spiro atoms. The van der Waals surface area contributed by atoms with Crippen LogP contribution in [-0.2, 0) is 6.42 Å². The molecule has 7 heteroatoms. The van der Waals surface area contributed by atoms with Crippen molar-refractivity contribution in [3.05, 3.63) is 65.6 Å². The Morgan fingerprint density at radius 2 is 1.76 bits per heavy atom. The molecule has 0 unspecified atom stereocenters. The van der Waals surface area contributed by atoms with Crippen LogP contribution in [0.5, 0.6) is 11.5 Å². The lowest BCUT2D eigenvalue weighted by atomic mass is 10.1. The lowest BCUT2D eigenvalue weighted by Crippen LogP contribution is -2.15. The molecule has 1 aromatic heterocycles. The van der Waals surface area contributed by atoms with E-state index < -0.39 is 0 Å². The number of hydrogen-bond acceptors (Lipinski definition) is 6. The standard InChI is InChI=1S/C22H24N4O3/c1-5-15-8-6-7-9-17(15)26-21-13-18(23-14(2)24-21)22(27)25-16-10-11-19(28-3)20(12-16)29-4/h6-13H,5H2,1-4H3,(H,25,27)(H,23,24,26). The van der Waals surface area contributed by atoms with E-state index in [2.05, 4.69) is 33.6 Å². The van der Waals surface area contributed by atoms with Gasteiger partial charge in [-0.3, -0.25) is 4.79 Å². The van der Waals surface area contributed by atoms with Gasteiger partial charge in [-0.15, -0.1) is 0 Å². The molecule has 0 bridgehead atoms. The van der Waals surface area contributed by atoms with Crippen LogP contribution < -0.4 is 20.1 Å². The fraction of sp³-hybridized carbons (Fsp3) is 0.227. The maximum atomic E-state index is 12.7. The highest BCUT2D eigenvalue weighted by atomic mass is 16.5. The molecule has 0 saturated heterocycles. The quantitative estimate of drug-likeness (QED) is 0.621. The summed E-state index contributed by atoms with van der Waals surface area (Å²) in [6.45, 7) is 3.85. The van der Waals surface area contributed by atoms with Gasteiger partial charge in [0, 0.05) is 23.5 Å². The first kappa shape index (κ1) is 20.1. The number of rotatable bonds is 7. The van der Waals surface area contributed by atoms with Crippen LogP contribution in [0.3, 0.4) is 0 Å². The molecule has 1 amide bonds. The minimum Gasteiger partial charge on any atom is -0.493 e. The molecule has 29 heavy (non-hydrogen) atoms. The van der Waals surface area contributed by atoms with Crippen molar-refractivity contribution in [3.8, 4) is 11.5 Å². The first-order valence-electron chi connectivity index (χ1n) is 9.28. The molecular weight excluding hydrogens is 368 g/mol. The number of carbonyl (C=O) groups is 1. The van der Waals surface area contributed by atoms with Crippen LogP contribution in [0.1, 0.15) is 28.8 Å². The second-order valence-electron chi connectivity index (χ2n) is 6.35. The molecular formula is C22H24N4O3. The predicted molar refractivity (Wildman–Crippen MR) is 113 cm³/mol. The van der Waals surface area contributed by atoms with Gasteiger partial charge in [0.05, 0.1) is 14.2 Å². The third-order valence-corrected chi connectivity index (χ3v) is 4.37. The molecule has 7 nitrogen and oxygen atoms in total. The number of para-hydroxylation sites is 1. The van der Waals surface area contributed by atoms with Gasteiger partial charge >= 0.3 is 0 Å². The Balaban J connectivity index is 1.83. The lowest BCUT2D eigenvalue weighted by molar-refractivity contribution is 0.102. The number of amides is 1. The van der Waals surface area contributed by atoms with Crippen molar-refractivity contribution in [2.24, 2.45) is 0 Å². The van der Waals surface area contributed by atoms with Crippen LogP contribution in [0.2, 0.25) is 0 Å². The fourth-order valence-corrected chi connectivity index (χ4v) is 2.95. The number of nitrogens with one attached hydrogen (secondary N) is 2. The van der Waals surface area contributed by atoms with Gasteiger partial charge in [-0.2, -0.15) is 0 Å². The van der Waals surface area contributed by atoms with Crippen molar-refractivity contribution in [1.82, 2.24) is 9.97 Å². The minimum absolute atomic E-state index is 0.267. The van der Waals surface area contributed by atoms with Crippen LogP contribution in [0.25, 0.3) is 0 Å². The zero-order valence-electron chi connectivity index (χ0n) is 16.9. The van der Waals surface area contributed by atoms with Crippen molar-refractivity contribution in [3.63, 3.8) is 0 Å². The monoisotopic (exact) mass is 392 g/mol.